The molecule has 0 spiro atoms. The highest BCUT2D eigenvalue weighted by Gasteiger charge is 2.20. The van der Waals surface area contributed by atoms with E-state index in [4.69, 9.17) is 0 Å². The number of halogens is 2. The van der Waals surface area contributed by atoms with Crippen molar-refractivity contribution < 1.29 is 18.7 Å². The number of aryl methyl sites for hydroxylation is 1. The second-order valence-corrected chi connectivity index (χ2v) is 8.14. The predicted molar refractivity (Wildman–Crippen MR) is 116 cm³/mol. The van der Waals surface area contributed by atoms with Gasteiger partial charge in [0.15, 0.2) is 11.6 Å². The van der Waals surface area contributed by atoms with Crippen molar-refractivity contribution in [1.29, 1.82) is 0 Å². The molecule has 0 fully saturated rings. The van der Waals surface area contributed by atoms with E-state index in [1.807, 2.05) is 30.3 Å². The molecule has 0 aliphatic rings. The quantitative estimate of drug-likeness (QED) is 0.491. The van der Waals surface area contributed by atoms with Crippen LogP contribution in [0.1, 0.15) is 26.4 Å². The lowest BCUT2D eigenvalue weighted by Gasteiger charge is -2.09. The van der Waals surface area contributed by atoms with E-state index in [2.05, 4.69) is 5.32 Å². The van der Waals surface area contributed by atoms with E-state index in [-0.39, 0.29) is 23.6 Å². The molecule has 5 nitrogen and oxygen atoms in total. The maximum absolute atomic E-state index is 13.5. The van der Waals surface area contributed by atoms with Crippen molar-refractivity contribution in [3.63, 3.8) is 0 Å². The highest BCUT2D eigenvalue weighted by molar-refractivity contribution is 7.20. The van der Waals surface area contributed by atoms with E-state index in [0.29, 0.717) is 27.2 Å². The molecule has 0 radical (unpaired) electrons. The summed E-state index contributed by atoms with van der Waals surface area (Å²) in [4.78, 5) is 26.2. The summed E-state index contributed by atoms with van der Waals surface area (Å²) < 4.78 is 28.1. The summed E-state index contributed by atoms with van der Waals surface area (Å²) in [6, 6.07) is 14.3. The third-order valence-corrected chi connectivity index (χ3v) is 6.22. The Bertz CT molecular complexity index is 1350. The van der Waals surface area contributed by atoms with Gasteiger partial charge in [0.1, 0.15) is 10.6 Å². The largest absolute Gasteiger partial charge is 0.507 e. The first kappa shape index (κ1) is 20.7. The Hall–Kier alpha value is -3.52. The molecule has 2 aromatic carbocycles. The highest BCUT2D eigenvalue weighted by Crippen LogP contribution is 2.33. The number of aromatic nitrogens is 1. The maximum atomic E-state index is 13.5. The van der Waals surface area contributed by atoms with Crippen LogP contribution in [0.3, 0.4) is 0 Å². The highest BCUT2D eigenvalue weighted by atomic mass is 32.1. The fourth-order valence-electron chi connectivity index (χ4n) is 3.35. The van der Waals surface area contributed by atoms with Gasteiger partial charge < -0.3 is 15.0 Å². The van der Waals surface area contributed by atoms with E-state index < -0.39 is 17.2 Å². The summed E-state index contributed by atoms with van der Waals surface area (Å²) in [6.07, 6.45) is -0.0724. The Balaban J connectivity index is 1.66. The number of pyridine rings is 1. The van der Waals surface area contributed by atoms with Gasteiger partial charge in [-0.25, -0.2) is 8.78 Å². The Labute approximate surface area is 180 Å². The Morgan fingerprint density at radius 3 is 2.52 bits per heavy atom. The first-order valence-electron chi connectivity index (χ1n) is 9.45. The number of benzene rings is 2. The van der Waals surface area contributed by atoms with E-state index in [9.17, 15) is 23.5 Å². The molecule has 8 heteroatoms. The Morgan fingerprint density at radius 2 is 1.81 bits per heavy atom. The summed E-state index contributed by atoms with van der Waals surface area (Å²) in [7, 11) is 1.54. The molecule has 0 unspecified atom stereocenters. The van der Waals surface area contributed by atoms with Crippen LogP contribution in [0, 0.1) is 11.6 Å². The number of fused-ring (bicyclic) bond motifs is 1. The first-order chi connectivity index (χ1) is 14.8. The van der Waals surface area contributed by atoms with E-state index >= 15 is 0 Å². The van der Waals surface area contributed by atoms with Gasteiger partial charge in [-0.2, -0.15) is 0 Å². The average molecular weight is 440 g/mol. The standard InChI is InChI=1S/C23H18F2N2O3S/c1-27-22(30)15(9-14-7-8-17(24)18(25)10-14)20(28)16-11-19(31-23(16)27)21(29)26-12-13-5-3-2-4-6-13/h2-8,10-11,28H,9,12H2,1H3,(H,26,29). The number of carbonyl (C=O) groups excluding carboxylic acids is 1. The SMILES string of the molecule is Cn1c(=O)c(Cc2ccc(F)c(F)c2)c(O)c2cc(C(=O)NCc3ccccc3)sc21. The van der Waals surface area contributed by atoms with Crippen LogP contribution in [0.4, 0.5) is 8.78 Å². The van der Waals surface area contributed by atoms with Crippen molar-refractivity contribution in [3.05, 3.63) is 98.2 Å². The van der Waals surface area contributed by atoms with Crippen LogP contribution in [0.25, 0.3) is 10.2 Å². The lowest BCUT2D eigenvalue weighted by atomic mass is 10.0. The minimum Gasteiger partial charge on any atom is -0.507 e. The monoisotopic (exact) mass is 440 g/mol. The molecule has 0 saturated carbocycles. The van der Waals surface area contributed by atoms with Gasteiger partial charge >= 0.3 is 0 Å². The molecular weight excluding hydrogens is 422 g/mol. The number of amides is 1. The van der Waals surface area contributed by atoms with Crippen LogP contribution in [0.5, 0.6) is 5.75 Å². The zero-order valence-corrected chi connectivity index (χ0v) is 17.3. The van der Waals surface area contributed by atoms with Gasteiger partial charge in [0.2, 0.25) is 0 Å². The zero-order valence-electron chi connectivity index (χ0n) is 16.5. The molecule has 4 aromatic rings. The summed E-state index contributed by atoms with van der Waals surface area (Å²) in [5, 5.41) is 13.9. The number of nitrogens with zero attached hydrogens (tertiary/aromatic N) is 1. The minimum atomic E-state index is -1.03. The average Bonchev–Trinajstić information content (AvgIpc) is 3.23. The van der Waals surface area contributed by atoms with Crippen LogP contribution in [-0.4, -0.2) is 15.6 Å². The normalized spacial score (nSPS) is 11.1. The molecule has 2 N–H and O–H groups in total. The third kappa shape index (κ3) is 4.06. The molecule has 0 atom stereocenters. The lowest BCUT2D eigenvalue weighted by molar-refractivity contribution is 0.0955. The summed E-state index contributed by atoms with van der Waals surface area (Å²) in [5.41, 5.74) is 0.880. The Morgan fingerprint density at radius 1 is 1.06 bits per heavy atom. The van der Waals surface area contributed by atoms with Crippen LogP contribution in [-0.2, 0) is 20.0 Å². The predicted octanol–water partition coefficient (Wildman–Crippen LogP) is 4.10. The van der Waals surface area contributed by atoms with Crippen molar-refractivity contribution in [2.45, 2.75) is 13.0 Å². The topological polar surface area (TPSA) is 71.3 Å². The van der Waals surface area contributed by atoms with E-state index in [1.165, 1.54) is 16.7 Å². The van der Waals surface area contributed by atoms with Gasteiger partial charge in [0.05, 0.1) is 15.8 Å². The van der Waals surface area contributed by atoms with Crippen LogP contribution in [0.2, 0.25) is 0 Å². The van der Waals surface area contributed by atoms with Crippen LogP contribution >= 0.6 is 11.3 Å². The fourth-order valence-corrected chi connectivity index (χ4v) is 4.38. The molecule has 4 rings (SSSR count). The summed E-state index contributed by atoms with van der Waals surface area (Å²) in [6.45, 7) is 0.347. The summed E-state index contributed by atoms with van der Waals surface area (Å²) >= 11 is 1.10. The Kier molecular flexibility index (Phi) is 5.56. The number of nitrogens with one attached hydrogen (secondary N) is 1. The number of thiophene rings is 1. The van der Waals surface area contributed by atoms with Crippen molar-refractivity contribution in [2.24, 2.45) is 7.05 Å². The van der Waals surface area contributed by atoms with Gasteiger partial charge in [0.25, 0.3) is 11.5 Å². The molecule has 0 saturated heterocycles. The maximum Gasteiger partial charge on any atom is 0.261 e. The molecule has 158 valence electrons. The zero-order chi connectivity index (χ0) is 22.1. The molecule has 2 heterocycles. The van der Waals surface area contributed by atoms with Gasteiger partial charge in [-0.3, -0.25) is 9.59 Å². The van der Waals surface area contributed by atoms with Gasteiger partial charge in [0, 0.05) is 20.0 Å². The van der Waals surface area contributed by atoms with Crippen molar-refractivity contribution >= 4 is 27.5 Å². The first-order valence-corrected chi connectivity index (χ1v) is 10.3. The second-order valence-electron chi connectivity index (χ2n) is 7.11. The molecule has 0 bridgehead atoms. The molecule has 31 heavy (non-hydrogen) atoms. The summed E-state index contributed by atoms with van der Waals surface area (Å²) in [5.74, 6) is -2.59. The molecule has 2 aromatic heterocycles. The minimum absolute atomic E-state index is 0.0510. The number of hydrogen-bond donors (Lipinski definition) is 2. The van der Waals surface area contributed by atoms with Crippen molar-refractivity contribution in [1.82, 2.24) is 9.88 Å². The fraction of sp³-hybridized carbons (Fsp3) is 0.130. The van der Waals surface area contributed by atoms with Gasteiger partial charge in [-0.1, -0.05) is 36.4 Å². The van der Waals surface area contributed by atoms with Gasteiger partial charge in [-0.05, 0) is 29.3 Å². The lowest BCUT2D eigenvalue weighted by Crippen LogP contribution is -2.21. The number of carbonyl (C=O) groups is 1. The van der Waals surface area contributed by atoms with Gasteiger partial charge in [-0.15, -0.1) is 11.3 Å². The molecular formula is C23H18F2N2O3S. The van der Waals surface area contributed by atoms with E-state index in [1.54, 1.807) is 7.05 Å². The van der Waals surface area contributed by atoms with E-state index in [0.717, 1.165) is 29.0 Å². The second kappa shape index (κ2) is 8.31. The number of aromatic hydroxyl groups is 1. The smallest absolute Gasteiger partial charge is 0.261 e. The van der Waals surface area contributed by atoms with Crippen molar-refractivity contribution in [3.8, 4) is 5.75 Å². The number of hydrogen-bond acceptors (Lipinski definition) is 4. The molecule has 0 aliphatic heterocycles. The third-order valence-electron chi connectivity index (χ3n) is 5.01. The van der Waals surface area contributed by atoms with Crippen LogP contribution < -0.4 is 10.9 Å². The molecule has 0 aliphatic carbocycles. The number of rotatable bonds is 5. The molecule has 1 amide bonds. The van der Waals surface area contributed by atoms with Crippen molar-refractivity contribution in [2.75, 3.05) is 0 Å². The van der Waals surface area contributed by atoms with Crippen LogP contribution in [0.15, 0.2) is 59.4 Å².